The maximum absolute atomic E-state index is 11.5. The van der Waals surface area contributed by atoms with Gasteiger partial charge in [0, 0.05) is 15.7 Å². The molecule has 102 valence electrons. The summed E-state index contributed by atoms with van der Waals surface area (Å²) in [5.41, 5.74) is 1.91. The third-order valence-electron chi connectivity index (χ3n) is 3.06. The lowest BCUT2D eigenvalue weighted by Crippen LogP contribution is -2.29. The first kappa shape index (κ1) is 12.7. The van der Waals surface area contributed by atoms with E-state index in [4.69, 9.17) is 5.14 Å². The largest absolute Gasteiger partial charge is 0.316 e. The molecule has 0 saturated heterocycles. The number of aromatic nitrogens is 2. The second kappa shape index (κ2) is 4.67. The SMILES string of the molecule is NSc1cccc2c1c(NO)cc1[nH]c(=O)c(=O)[nH]c12. The molecule has 0 radical (unpaired) electrons. The fourth-order valence-electron chi connectivity index (χ4n) is 2.22. The number of benzene rings is 2. The number of nitrogens with one attached hydrogen (secondary N) is 3. The highest BCUT2D eigenvalue weighted by Gasteiger charge is 2.12. The third-order valence-corrected chi connectivity index (χ3v) is 3.66. The van der Waals surface area contributed by atoms with Crippen molar-refractivity contribution in [3.8, 4) is 0 Å². The second-order valence-electron chi connectivity index (χ2n) is 4.16. The van der Waals surface area contributed by atoms with Crippen LogP contribution < -0.4 is 21.7 Å². The van der Waals surface area contributed by atoms with E-state index in [0.29, 0.717) is 27.5 Å². The summed E-state index contributed by atoms with van der Waals surface area (Å²) in [5.74, 6) is 0. The van der Waals surface area contributed by atoms with E-state index in [1.807, 2.05) is 0 Å². The highest BCUT2D eigenvalue weighted by atomic mass is 32.2. The summed E-state index contributed by atoms with van der Waals surface area (Å²) in [7, 11) is 0. The molecule has 3 rings (SSSR count). The first-order chi connectivity index (χ1) is 9.65. The van der Waals surface area contributed by atoms with Crippen LogP contribution in [-0.2, 0) is 0 Å². The first-order valence-electron chi connectivity index (χ1n) is 5.64. The van der Waals surface area contributed by atoms with Gasteiger partial charge in [0.25, 0.3) is 0 Å². The minimum atomic E-state index is -0.745. The van der Waals surface area contributed by atoms with E-state index < -0.39 is 11.1 Å². The molecule has 0 spiro atoms. The van der Waals surface area contributed by atoms with Gasteiger partial charge in [-0.2, -0.15) is 0 Å². The zero-order valence-electron chi connectivity index (χ0n) is 10.1. The number of hydrogen-bond donors (Lipinski definition) is 5. The van der Waals surface area contributed by atoms with Gasteiger partial charge in [-0.05, 0) is 24.1 Å². The van der Waals surface area contributed by atoms with E-state index in [-0.39, 0.29) is 0 Å². The molecule has 6 N–H and O–H groups in total. The Bertz CT molecular complexity index is 932. The van der Waals surface area contributed by atoms with Crippen molar-refractivity contribution >= 4 is 39.4 Å². The Balaban J connectivity index is 2.62. The molecule has 0 saturated carbocycles. The molecule has 0 fully saturated rings. The molecular weight excluding hydrogens is 280 g/mol. The molecule has 0 aliphatic carbocycles. The van der Waals surface area contributed by atoms with Crippen LogP contribution in [0.2, 0.25) is 0 Å². The number of anilines is 1. The summed E-state index contributed by atoms with van der Waals surface area (Å²) in [6.45, 7) is 0. The van der Waals surface area contributed by atoms with Crippen LogP contribution in [0.4, 0.5) is 5.69 Å². The van der Waals surface area contributed by atoms with Gasteiger partial charge >= 0.3 is 11.1 Å². The Morgan fingerprint density at radius 2 is 1.95 bits per heavy atom. The predicted octanol–water partition coefficient (Wildman–Crippen LogP) is 1.14. The highest BCUT2D eigenvalue weighted by Crippen LogP contribution is 2.34. The molecule has 20 heavy (non-hydrogen) atoms. The Kier molecular flexibility index (Phi) is 2.97. The maximum Gasteiger partial charge on any atom is 0.314 e. The van der Waals surface area contributed by atoms with Gasteiger partial charge in [-0.15, -0.1) is 0 Å². The van der Waals surface area contributed by atoms with Crippen molar-refractivity contribution in [1.82, 2.24) is 9.97 Å². The van der Waals surface area contributed by atoms with Crippen LogP contribution in [0.5, 0.6) is 0 Å². The van der Waals surface area contributed by atoms with Crippen LogP contribution in [0.15, 0.2) is 38.8 Å². The monoisotopic (exact) mass is 290 g/mol. The molecule has 1 aromatic heterocycles. The Morgan fingerprint density at radius 3 is 2.65 bits per heavy atom. The van der Waals surface area contributed by atoms with Crippen molar-refractivity contribution in [2.24, 2.45) is 5.14 Å². The number of H-pyrrole nitrogens is 2. The van der Waals surface area contributed by atoms with Gasteiger partial charge in [-0.1, -0.05) is 12.1 Å². The average Bonchev–Trinajstić information content (AvgIpc) is 2.47. The minimum Gasteiger partial charge on any atom is -0.316 e. The van der Waals surface area contributed by atoms with E-state index in [1.165, 1.54) is 6.07 Å². The van der Waals surface area contributed by atoms with Crippen LogP contribution in [-0.4, -0.2) is 15.2 Å². The van der Waals surface area contributed by atoms with Crippen molar-refractivity contribution in [3.05, 3.63) is 45.0 Å². The third kappa shape index (κ3) is 1.78. The number of fused-ring (bicyclic) bond motifs is 3. The van der Waals surface area contributed by atoms with Crippen LogP contribution in [0.3, 0.4) is 0 Å². The second-order valence-corrected chi connectivity index (χ2v) is 4.84. The summed E-state index contributed by atoms with van der Waals surface area (Å²) < 4.78 is 0. The van der Waals surface area contributed by atoms with Crippen LogP contribution in [0.1, 0.15) is 0 Å². The van der Waals surface area contributed by atoms with Gasteiger partial charge in [0.05, 0.1) is 16.7 Å². The molecule has 1 heterocycles. The van der Waals surface area contributed by atoms with Gasteiger partial charge in [0.1, 0.15) is 0 Å². The molecule has 0 aliphatic heterocycles. The first-order valence-corrected chi connectivity index (χ1v) is 6.52. The maximum atomic E-state index is 11.5. The Morgan fingerprint density at radius 1 is 1.20 bits per heavy atom. The zero-order valence-corrected chi connectivity index (χ0v) is 10.9. The smallest absolute Gasteiger partial charge is 0.314 e. The lowest BCUT2D eigenvalue weighted by molar-refractivity contribution is 0.390. The molecule has 0 atom stereocenters. The van der Waals surface area contributed by atoms with Crippen LogP contribution in [0, 0.1) is 0 Å². The van der Waals surface area contributed by atoms with Crippen molar-refractivity contribution in [2.75, 3.05) is 5.48 Å². The fourth-order valence-corrected chi connectivity index (χ4v) is 2.71. The number of nitrogens with two attached hydrogens (primary N) is 1. The average molecular weight is 290 g/mol. The Labute approximate surface area is 115 Å². The molecule has 2 aromatic carbocycles. The summed E-state index contributed by atoms with van der Waals surface area (Å²) in [4.78, 5) is 28.6. The predicted molar refractivity (Wildman–Crippen MR) is 78.1 cm³/mol. The minimum absolute atomic E-state index is 0.392. The van der Waals surface area contributed by atoms with Crippen molar-refractivity contribution in [3.63, 3.8) is 0 Å². The van der Waals surface area contributed by atoms with Crippen molar-refractivity contribution in [2.45, 2.75) is 4.90 Å². The topological polar surface area (TPSA) is 124 Å². The quantitative estimate of drug-likeness (QED) is 0.209. The van der Waals surface area contributed by atoms with Gasteiger partial charge < -0.3 is 9.97 Å². The number of aromatic amines is 2. The van der Waals surface area contributed by atoms with Gasteiger partial charge in [0.15, 0.2) is 0 Å². The lowest BCUT2D eigenvalue weighted by Gasteiger charge is -2.11. The summed E-state index contributed by atoms with van der Waals surface area (Å²) >= 11 is 1.03. The number of rotatable bonds is 2. The number of hydrogen-bond acceptors (Lipinski definition) is 6. The normalized spacial score (nSPS) is 11.1. The fraction of sp³-hybridized carbons (Fsp3) is 0. The molecular formula is C12H10N4O3S. The van der Waals surface area contributed by atoms with E-state index in [9.17, 15) is 14.8 Å². The molecule has 3 aromatic rings. The summed E-state index contributed by atoms with van der Waals surface area (Å²) in [6.07, 6.45) is 0. The van der Waals surface area contributed by atoms with E-state index in [1.54, 1.807) is 18.2 Å². The molecule has 0 bridgehead atoms. The summed E-state index contributed by atoms with van der Waals surface area (Å²) in [6, 6.07) is 6.88. The molecule has 8 heteroatoms. The lowest BCUT2D eigenvalue weighted by atomic mass is 10.1. The van der Waals surface area contributed by atoms with Crippen molar-refractivity contribution < 1.29 is 5.21 Å². The molecule has 0 aliphatic rings. The van der Waals surface area contributed by atoms with E-state index in [0.717, 1.165) is 16.8 Å². The molecule has 7 nitrogen and oxygen atoms in total. The zero-order chi connectivity index (χ0) is 14.3. The standard InChI is InChI=1S/C12H10N4O3S/c13-20-8-3-1-2-5-9(8)6(16-19)4-7-10(5)15-12(18)11(17)14-7/h1-4,16,19H,13H2,(H,14,17)(H,15,18). The van der Waals surface area contributed by atoms with E-state index in [2.05, 4.69) is 15.4 Å². The van der Waals surface area contributed by atoms with E-state index >= 15 is 0 Å². The highest BCUT2D eigenvalue weighted by molar-refractivity contribution is 7.97. The van der Waals surface area contributed by atoms with Crippen LogP contribution >= 0.6 is 11.9 Å². The van der Waals surface area contributed by atoms with Crippen LogP contribution in [0.25, 0.3) is 21.8 Å². The van der Waals surface area contributed by atoms with Crippen molar-refractivity contribution in [1.29, 1.82) is 0 Å². The van der Waals surface area contributed by atoms with Gasteiger partial charge in [0.2, 0.25) is 0 Å². The molecule has 0 unspecified atom stereocenters. The van der Waals surface area contributed by atoms with Gasteiger partial charge in [-0.25, -0.2) is 0 Å². The molecule has 0 amide bonds. The summed E-state index contributed by atoms with van der Waals surface area (Å²) in [5, 5.41) is 16.2. The Hall–Kier alpha value is -2.29. The van der Waals surface area contributed by atoms with Gasteiger partial charge in [-0.3, -0.25) is 25.4 Å².